The summed E-state index contributed by atoms with van der Waals surface area (Å²) >= 11 is 0. The van der Waals surface area contributed by atoms with E-state index in [0.29, 0.717) is 10.8 Å². The lowest BCUT2D eigenvalue weighted by atomic mass is 9.45. The predicted molar refractivity (Wildman–Crippen MR) is 91.7 cm³/mol. The van der Waals surface area contributed by atoms with Crippen molar-refractivity contribution in [2.24, 2.45) is 40.4 Å². The Balaban J connectivity index is 1.59. The number of rotatable bonds is 2. The van der Waals surface area contributed by atoms with Crippen LogP contribution in [0, 0.1) is 40.4 Å². The summed E-state index contributed by atoms with van der Waals surface area (Å²) in [6.45, 7) is 6.32. The molecule has 126 valence electrons. The first-order valence-corrected chi connectivity index (χ1v) is 10.1. The second kappa shape index (κ2) is 5.50. The van der Waals surface area contributed by atoms with Crippen molar-refractivity contribution >= 4 is 0 Å². The third-order valence-electron chi connectivity index (χ3n) is 9.15. The Kier molecular flexibility index (Phi) is 3.87. The average molecular weight is 305 g/mol. The van der Waals surface area contributed by atoms with E-state index in [4.69, 9.17) is 4.74 Å². The molecule has 7 unspecified atom stereocenters. The second-order valence-electron chi connectivity index (χ2n) is 9.68. The van der Waals surface area contributed by atoms with Gasteiger partial charge in [-0.25, -0.2) is 0 Å². The van der Waals surface area contributed by atoms with Crippen LogP contribution in [0.3, 0.4) is 0 Å². The molecule has 4 rings (SSSR count). The van der Waals surface area contributed by atoms with Crippen molar-refractivity contribution in [1.29, 1.82) is 0 Å². The lowest BCUT2D eigenvalue weighted by Crippen LogP contribution is -2.52. The molecule has 4 saturated carbocycles. The Labute approximate surface area is 137 Å². The first-order chi connectivity index (χ1) is 10.6. The average Bonchev–Trinajstić information content (AvgIpc) is 2.84. The van der Waals surface area contributed by atoms with Crippen LogP contribution in [0.4, 0.5) is 0 Å². The number of methoxy groups -OCH3 is 1. The van der Waals surface area contributed by atoms with Gasteiger partial charge < -0.3 is 4.74 Å². The molecule has 0 N–H and O–H groups in total. The smallest absolute Gasteiger partial charge is 0.0495 e. The zero-order valence-corrected chi connectivity index (χ0v) is 15.1. The van der Waals surface area contributed by atoms with Gasteiger partial charge >= 0.3 is 0 Å². The molecule has 1 nitrogen and oxygen atoms in total. The topological polar surface area (TPSA) is 9.23 Å². The molecule has 1 heteroatoms. The van der Waals surface area contributed by atoms with Crippen LogP contribution in [0.25, 0.3) is 0 Å². The molecule has 4 aliphatic carbocycles. The van der Waals surface area contributed by atoms with E-state index >= 15 is 0 Å². The fraction of sp³-hybridized carbons (Fsp3) is 1.00. The Morgan fingerprint density at radius 1 is 0.818 bits per heavy atom. The van der Waals surface area contributed by atoms with Crippen molar-refractivity contribution < 1.29 is 4.74 Å². The molecule has 7 atom stereocenters. The van der Waals surface area contributed by atoms with Crippen LogP contribution in [0.5, 0.6) is 0 Å². The molecule has 0 heterocycles. The molecule has 0 saturated heterocycles. The van der Waals surface area contributed by atoms with Crippen LogP contribution < -0.4 is 0 Å². The Bertz CT molecular complexity index is 418. The maximum absolute atomic E-state index is 5.58. The predicted octanol–water partition coefficient (Wildman–Crippen LogP) is 5.68. The minimum atomic E-state index is 0.592. The maximum atomic E-state index is 5.58. The molecule has 0 spiro atoms. The fourth-order valence-corrected chi connectivity index (χ4v) is 7.88. The molecule has 0 amide bonds. The van der Waals surface area contributed by atoms with Gasteiger partial charge in [0.15, 0.2) is 0 Å². The van der Waals surface area contributed by atoms with Crippen molar-refractivity contribution in [3.63, 3.8) is 0 Å². The quantitative estimate of drug-likeness (QED) is 0.637. The molecule has 4 aliphatic rings. The fourth-order valence-electron chi connectivity index (χ4n) is 7.88. The van der Waals surface area contributed by atoms with Gasteiger partial charge in [-0.1, -0.05) is 26.7 Å². The van der Waals surface area contributed by atoms with E-state index in [1.807, 2.05) is 7.11 Å². The maximum Gasteiger partial charge on any atom is 0.0495 e. The summed E-state index contributed by atoms with van der Waals surface area (Å²) in [7, 11) is 1.90. The minimum absolute atomic E-state index is 0.592. The van der Waals surface area contributed by atoms with Crippen LogP contribution in [-0.4, -0.2) is 13.7 Å². The number of fused-ring (bicyclic) bond motifs is 5. The van der Waals surface area contributed by atoms with E-state index in [0.717, 1.165) is 36.2 Å². The molecule has 0 bridgehead atoms. The van der Waals surface area contributed by atoms with Gasteiger partial charge in [-0.15, -0.1) is 0 Å². The van der Waals surface area contributed by atoms with E-state index in [9.17, 15) is 0 Å². The summed E-state index contributed by atoms with van der Waals surface area (Å²) in [6.07, 6.45) is 15.1. The highest BCUT2D eigenvalue weighted by Gasteiger charge is 2.59. The van der Waals surface area contributed by atoms with Gasteiger partial charge in [0.1, 0.15) is 0 Å². The molecule has 0 aromatic rings. The van der Waals surface area contributed by atoms with E-state index in [2.05, 4.69) is 13.8 Å². The van der Waals surface area contributed by atoms with Crippen molar-refractivity contribution in [3.05, 3.63) is 0 Å². The number of hydrogen-bond acceptors (Lipinski definition) is 1. The normalized spacial score (nSPS) is 54.4. The SMILES string of the molecule is COCC1CCC2C3CCC4CCCCC4(C)C3CCC12C. The molecule has 0 aromatic heterocycles. The first-order valence-electron chi connectivity index (χ1n) is 10.1. The third-order valence-corrected chi connectivity index (χ3v) is 9.15. The largest absolute Gasteiger partial charge is 0.384 e. The highest BCUT2D eigenvalue weighted by molar-refractivity contribution is 5.08. The standard InChI is InChI=1S/C21H36O/c1-20-12-5-4-6-15(20)7-9-17-18-10-8-16(14-22-3)21(18,2)13-11-19(17)20/h15-19H,4-14H2,1-3H3. The van der Waals surface area contributed by atoms with Crippen molar-refractivity contribution in [3.8, 4) is 0 Å². The van der Waals surface area contributed by atoms with Crippen LogP contribution in [0.2, 0.25) is 0 Å². The third kappa shape index (κ3) is 2.06. The Morgan fingerprint density at radius 3 is 2.45 bits per heavy atom. The second-order valence-corrected chi connectivity index (χ2v) is 9.68. The van der Waals surface area contributed by atoms with Gasteiger partial charge in [0, 0.05) is 13.7 Å². The molecular formula is C21H36O. The summed E-state index contributed by atoms with van der Waals surface area (Å²) < 4.78 is 5.58. The summed E-state index contributed by atoms with van der Waals surface area (Å²) in [6, 6.07) is 0. The van der Waals surface area contributed by atoms with Crippen molar-refractivity contribution in [2.45, 2.75) is 78.1 Å². The highest BCUT2D eigenvalue weighted by atomic mass is 16.5. The summed E-state index contributed by atoms with van der Waals surface area (Å²) in [5, 5.41) is 0. The summed E-state index contributed by atoms with van der Waals surface area (Å²) in [5.41, 5.74) is 1.29. The summed E-state index contributed by atoms with van der Waals surface area (Å²) in [4.78, 5) is 0. The highest BCUT2D eigenvalue weighted by Crippen LogP contribution is 2.67. The van der Waals surface area contributed by atoms with Gasteiger partial charge in [0.05, 0.1) is 0 Å². The lowest BCUT2D eigenvalue weighted by molar-refractivity contribution is -0.114. The number of hydrogen-bond donors (Lipinski definition) is 0. The van der Waals surface area contributed by atoms with E-state index in [1.54, 1.807) is 12.8 Å². The Hall–Kier alpha value is -0.0400. The zero-order valence-electron chi connectivity index (χ0n) is 15.1. The molecule has 0 aliphatic heterocycles. The monoisotopic (exact) mass is 304 g/mol. The number of ether oxygens (including phenoxy) is 1. The van der Waals surface area contributed by atoms with E-state index < -0.39 is 0 Å². The molecular weight excluding hydrogens is 268 g/mol. The molecule has 0 radical (unpaired) electrons. The van der Waals surface area contributed by atoms with Gasteiger partial charge in [-0.05, 0) is 91.8 Å². The van der Waals surface area contributed by atoms with Crippen molar-refractivity contribution in [1.82, 2.24) is 0 Å². The van der Waals surface area contributed by atoms with Crippen molar-refractivity contribution in [2.75, 3.05) is 13.7 Å². The first kappa shape index (κ1) is 15.5. The van der Waals surface area contributed by atoms with Crippen LogP contribution >= 0.6 is 0 Å². The van der Waals surface area contributed by atoms with Crippen LogP contribution in [0.1, 0.15) is 78.1 Å². The van der Waals surface area contributed by atoms with Gasteiger partial charge in [0.25, 0.3) is 0 Å². The van der Waals surface area contributed by atoms with Crippen LogP contribution in [0.15, 0.2) is 0 Å². The summed E-state index contributed by atoms with van der Waals surface area (Å²) in [5.74, 6) is 4.99. The molecule has 4 fully saturated rings. The zero-order chi connectivity index (χ0) is 15.4. The van der Waals surface area contributed by atoms with E-state index in [1.165, 1.54) is 51.4 Å². The lowest BCUT2D eigenvalue weighted by Gasteiger charge is -2.60. The molecule has 22 heavy (non-hydrogen) atoms. The minimum Gasteiger partial charge on any atom is -0.384 e. The Morgan fingerprint density at radius 2 is 1.64 bits per heavy atom. The van der Waals surface area contributed by atoms with Gasteiger partial charge in [0.2, 0.25) is 0 Å². The molecule has 0 aromatic carbocycles. The van der Waals surface area contributed by atoms with Gasteiger partial charge in [-0.3, -0.25) is 0 Å². The van der Waals surface area contributed by atoms with E-state index in [-0.39, 0.29) is 0 Å². The van der Waals surface area contributed by atoms with Gasteiger partial charge in [-0.2, -0.15) is 0 Å². The van der Waals surface area contributed by atoms with Crippen LogP contribution in [-0.2, 0) is 4.74 Å².